The molecule has 0 unspecified atom stereocenters. The molecule has 1 aromatic rings. The lowest BCUT2D eigenvalue weighted by atomic mass is 9.84. The summed E-state index contributed by atoms with van der Waals surface area (Å²) in [6, 6.07) is 7.82. The Balaban J connectivity index is 2.00. The molecule has 1 aliphatic heterocycles. The molecule has 0 radical (unpaired) electrons. The van der Waals surface area contributed by atoms with Crippen LogP contribution in [0.4, 0.5) is 0 Å². The van der Waals surface area contributed by atoms with Crippen molar-refractivity contribution in [2.75, 3.05) is 13.1 Å². The highest BCUT2D eigenvalue weighted by Crippen LogP contribution is 2.29. The van der Waals surface area contributed by atoms with Crippen molar-refractivity contribution in [2.24, 2.45) is 5.41 Å². The molecular weight excluding hydrogens is 250 g/mol. The molecule has 0 aliphatic carbocycles. The van der Waals surface area contributed by atoms with Gasteiger partial charge in [0.2, 0.25) is 0 Å². The van der Waals surface area contributed by atoms with E-state index in [1.165, 1.54) is 6.42 Å². The van der Waals surface area contributed by atoms with E-state index in [1.54, 1.807) is 0 Å². The fraction of sp³-hybridized carbons (Fsp3) is 0.588. The fourth-order valence-corrected chi connectivity index (χ4v) is 2.80. The SMILES string of the molecule is Cc1ccccc1O[C@H](C)C(=O)N1CCCC(C)(C)C1. The fourth-order valence-electron chi connectivity index (χ4n) is 2.80. The first-order valence-electron chi connectivity index (χ1n) is 7.40. The van der Waals surface area contributed by atoms with Crippen LogP contribution < -0.4 is 4.74 Å². The zero-order chi connectivity index (χ0) is 14.8. The van der Waals surface area contributed by atoms with E-state index in [2.05, 4.69) is 13.8 Å². The Kier molecular flexibility index (Phi) is 4.36. The third-order valence-corrected chi connectivity index (χ3v) is 3.96. The minimum Gasteiger partial charge on any atom is -0.481 e. The summed E-state index contributed by atoms with van der Waals surface area (Å²) in [6.45, 7) is 9.96. The van der Waals surface area contributed by atoms with Crippen molar-refractivity contribution in [1.29, 1.82) is 0 Å². The van der Waals surface area contributed by atoms with Gasteiger partial charge in [-0.05, 0) is 43.7 Å². The van der Waals surface area contributed by atoms with Gasteiger partial charge in [0.15, 0.2) is 6.10 Å². The van der Waals surface area contributed by atoms with Crippen LogP contribution in [0.2, 0.25) is 0 Å². The summed E-state index contributed by atoms with van der Waals surface area (Å²) < 4.78 is 5.84. The van der Waals surface area contributed by atoms with Crippen molar-refractivity contribution in [2.45, 2.75) is 46.6 Å². The number of likely N-dealkylation sites (tertiary alicyclic amines) is 1. The maximum Gasteiger partial charge on any atom is 0.263 e. The zero-order valence-electron chi connectivity index (χ0n) is 13.0. The van der Waals surface area contributed by atoms with Crippen LogP contribution in [0, 0.1) is 12.3 Å². The van der Waals surface area contributed by atoms with Gasteiger partial charge in [-0.25, -0.2) is 0 Å². The Morgan fingerprint density at radius 1 is 1.35 bits per heavy atom. The van der Waals surface area contributed by atoms with Crippen LogP contribution in [0.15, 0.2) is 24.3 Å². The number of para-hydroxylation sites is 1. The number of nitrogens with zero attached hydrogens (tertiary/aromatic N) is 1. The number of rotatable bonds is 3. The van der Waals surface area contributed by atoms with Gasteiger partial charge >= 0.3 is 0 Å². The molecule has 2 rings (SSSR count). The molecule has 0 N–H and O–H groups in total. The molecular formula is C17H25NO2. The first-order valence-corrected chi connectivity index (χ1v) is 7.40. The molecule has 20 heavy (non-hydrogen) atoms. The maximum absolute atomic E-state index is 12.5. The van der Waals surface area contributed by atoms with Crippen LogP contribution in [0.3, 0.4) is 0 Å². The Bertz CT molecular complexity index is 482. The van der Waals surface area contributed by atoms with Gasteiger partial charge in [0, 0.05) is 13.1 Å². The lowest BCUT2D eigenvalue weighted by Crippen LogP contribution is -2.48. The monoisotopic (exact) mass is 275 g/mol. The largest absolute Gasteiger partial charge is 0.481 e. The molecule has 3 nitrogen and oxygen atoms in total. The Morgan fingerprint density at radius 3 is 2.70 bits per heavy atom. The van der Waals surface area contributed by atoms with Crippen LogP contribution >= 0.6 is 0 Å². The summed E-state index contributed by atoms with van der Waals surface area (Å²) in [5, 5.41) is 0. The first kappa shape index (κ1) is 14.9. The minimum atomic E-state index is -0.426. The quantitative estimate of drug-likeness (QED) is 0.846. The van der Waals surface area contributed by atoms with Crippen LogP contribution in [-0.2, 0) is 4.79 Å². The summed E-state index contributed by atoms with van der Waals surface area (Å²) in [5.74, 6) is 0.894. The normalized spacial score (nSPS) is 19.5. The molecule has 0 spiro atoms. The average molecular weight is 275 g/mol. The molecule has 0 bridgehead atoms. The number of carbonyl (C=O) groups is 1. The minimum absolute atomic E-state index is 0.0982. The van der Waals surface area contributed by atoms with Crippen molar-refractivity contribution < 1.29 is 9.53 Å². The number of carbonyl (C=O) groups excluding carboxylic acids is 1. The zero-order valence-corrected chi connectivity index (χ0v) is 13.0. The van der Waals surface area contributed by atoms with Gasteiger partial charge in [0.1, 0.15) is 5.75 Å². The van der Waals surface area contributed by atoms with Gasteiger partial charge in [0.05, 0.1) is 0 Å². The number of amides is 1. The van der Waals surface area contributed by atoms with Gasteiger partial charge in [-0.3, -0.25) is 4.79 Å². The third-order valence-electron chi connectivity index (χ3n) is 3.96. The molecule has 1 atom stereocenters. The highest BCUT2D eigenvalue weighted by atomic mass is 16.5. The third kappa shape index (κ3) is 3.53. The van der Waals surface area contributed by atoms with E-state index >= 15 is 0 Å². The molecule has 1 amide bonds. The second kappa shape index (κ2) is 5.86. The summed E-state index contributed by atoms with van der Waals surface area (Å²) >= 11 is 0. The number of piperidine rings is 1. The Labute approximate surface area is 121 Å². The van der Waals surface area contributed by atoms with Gasteiger partial charge in [-0.1, -0.05) is 32.0 Å². The second-order valence-electron chi connectivity index (χ2n) is 6.55. The molecule has 1 aliphatic rings. The molecule has 0 aromatic heterocycles. The van der Waals surface area contributed by atoms with E-state index in [0.29, 0.717) is 0 Å². The number of benzene rings is 1. The lowest BCUT2D eigenvalue weighted by molar-refractivity contribution is -0.141. The summed E-state index contributed by atoms with van der Waals surface area (Å²) in [7, 11) is 0. The molecule has 1 fully saturated rings. The van der Waals surface area contributed by atoms with E-state index in [1.807, 2.05) is 43.0 Å². The van der Waals surface area contributed by atoms with Crippen molar-refractivity contribution in [3.8, 4) is 5.75 Å². The average Bonchev–Trinajstić information content (AvgIpc) is 2.39. The number of hydrogen-bond acceptors (Lipinski definition) is 2. The van der Waals surface area contributed by atoms with Gasteiger partial charge in [-0.15, -0.1) is 0 Å². The molecule has 3 heteroatoms. The van der Waals surface area contributed by atoms with Crippen LogP contribution in [0.5, 0.6) is 5.75 Å². The predicted molar refractivity (Wildman–Crippen MR) is 80.9 cm³/mol. The van der Waals surface area contributed by atoms with E-state index in [9.17, 15) is 4.79 Å². The first-order chi connectivity index (χ1) is 9.39. The molecule has 1 aromatic carbocycles. The van der Waals surface area contributed by atoms with Crippen molar-refractivity contribution in [3.05, 3.63) is 29.8 Å². The maximum atomic E-state index is 12.5. The number of hydrogen-bond donors (Lipinski definition) is 0. The van der Waals surface area contributed by atoms with E-state index in [0.717, 1.165) is 30.8 Å². The summed E-state index contributed by atoms with van der Waals surface area (Å²) in [6.07, 6.45) is 1.84. The van der Waals surface area contributed by atoms with E-state index in [-0.39, 0.29) is 11.3 Å². The second-order valence-corrected chi connectivity index (χ2v) is 6.55. The molecule has 110 valence electrons. The number of aryl methyl sites for hydroxylation is 1. The predicted octanol–water partition coefficient (Wildman–Crippen LogP) is 3.41. The van der Waals surface area contributed by atoms with Crippen LogP contribution in [0.1, 0.15) is 39.2 Å². The molecule has 1 saturated heterocycles. The van der Waals surface area contributed by atoms with Crippen LogP contribution in [-0.4, -0.2) is 30.0 Å². The highest BCUT2D eigenvalue weighted by molar-refractivity contribution is 5.81. The highest BCUT2D eigenvalue weighted by Gasteiger charge is 2.31. The van der Waals surface area contributed by atoms with Gasteiger partial charge in [0.25, 0.3) is 5.91 Å². The van der Waals surface area contributed by atoms with Crippen LogP contribution in [0.25, 0.3) is 0 Å². The van der Waals surface area contributed by atoms with Crippen molar-refractivity contribution >= 4 is 5.91 Å². The van der Waals surface area contributed by atoms with Crippen molar-refractivity contribution in [3.63, 3.8) is 0 Å². The van der Waals surface area contributed by atoms with Crippen molar-refractivity contribution in [1.82, 2.24) is 4.90 Å². The smallest absolute Gasteiger partial charge is 0.263 e. The number of ether oxygens (including phenoxy) is 1. The Morgan fingerprint density at radius 2 is 2.05 bits per heavy atom. The standard InChI is InChI=1S/C17H25NO2/c1-13-8-5-6-9-15(13)20-14(2)16(19)18-11-7-10-17(3,4)12-18/h5-6,8-9,14H,7,10-12H2,1-4H3/t14-/m1/s1. The van der Waals surface area contributed by atoms with Gasteiger partial charge in [-0.2, -0.15) is 0 Å². The topological polar surface area (TPSA) is 29.5 Å². The summed E-state index contributed by atoms with van der Waals surface area (Å²) in [4.78, 5) is 14.5. The van der Waals surface area contributed by atoms with E-state index in [4.69, 9.17) is 4.74 Å². The molecule has 0 saturated carbocycles. The van der Waals surface area contributed by atoms with Gasteiger partial charge < -0.3 is 9.64 Å². The Hall–Kier alpha value is -1.51. The lowest BCUT2D eigenvalue weighted by Gasteiger charge is -2.39. The summed E-state index contributed by atoms with van der Waals surface area (Å²) in [5.41, 5.74) is 1.28. The van der Waals surface area contributed by atoms with E-state index < -0.39 is 6.10 Å². The molecule has 1 heterocycles.